The van der Waals surface area contributed by atoms with Crippen molar-refractivity contribution < 1.29 is 0 Å². The topological polar surface area (TPSA) is 47.1 Å². The van der Waals surface area contributed by atoms with Crippen LogP contribution in [0.25, 0.3) is 0 Å². The molecule has 2 unspecified atom stereocenters. The van der Waals surface area contributed by atoms with E-state index in [0.29, 0.717) is 12.0 Å². The molecular formula is C13H23BrN4. The molecule has 2 rings (SSSR count). The number of likely N-dealkylation sites (tertiary alicyclic amines) is 1. The van der Waals surface area contributed by atoms with Crippen molar-refractivity contribution in [2.45, 2.75) is 39.3 Å². The molecule has 102 valence electrons. The molecule has 0 spiro atoms. The number of nitrogens with two attached hydrogens (primary N) is 1. The molecule has 5 heteroatoms. The lowest BCUT2D eigenvalue weighted by Gasteiger charge is -2.34. The van der Waals surface area contributed by atoms with Crippen molar-refractivity contribution >= 4 is 15.9 Å². The predicted molar refractivity (Wildman–Crippen MR) is 77.3 cm³/mol. The molecule has 2 heterocycles. The van der Waals surface area contributed by atoms with Crippen molar-refractivity contribution in [1.82, 2.24) is 14.7 Å². The molecule has 0 bridgehead atoms. The summed E-state index contributed by atoms with van der Waals surface area (Å²) >= 11 is 3.64. The lowest BCUT2D eigenvalue weighted by molar-refractivity contribution is 0.151. The third-order valence-electron chi connectivity index (χ3n) is 3.92. The molecule has 2 atom stereocenters. The highest BCUT2D eigenvalue weighted by Gasteiger charge is 2.24. The van der Waals surface area contributed by atoms with E-state index < -0.39 is 0 Å². The van der Waals surface area contributed by atoms with Crippen LogP contribution >= 0.6 is 15.9 Å². The lowest BCUT2D eigenvalue weighted by Crippen LogP contribution is -2.42. The minimum absolute atomic E-state index is 0.296. The minimum Gasteiger partial charge on any atom is -0.328 e. The van der Waals surface area contributed by atoms with Crippen molar-refractivity contribution in [1.29, 1.82) is 0 Å². The van der Waals surface area contributed by atoms with Crippen molar-refractivity contribution in [3.63, 3.8) is 0 Å². The van der Waals surface area contributed by atoms with Crippen LogP contribution in [0.2, 0.25) is 0 Å². The molecule has 2 N–H and O–H groups in total. The molecule has 1 aromatic heterocycles. The molecule has 0 aromatic carbocycles. The molecule has 1 saturated heterocycles. The fraction of sp³-hybridized carbons (Fsp3) is 0.769. The third kappa shape index (κ3) is 2.95. The quantitative estimate of drug-likeness (QED) is 0.929. The summed E-state index contributed by atoms with van der Waals surface area (Å²) in [6.45, 7) is 7.39. The van der Waals surface area contributed by atoms with Gasteiger partial charge in [0.25, 0.3) is 0 Å². The van der Waals surface area contributed by atoms with Crippen LogP contribution in [0.5, 0.6) is 0 Å². The van der Waals surface area contributed by atoms with Crippen LogP contribution in [0.1, 0.15) is 31.2 Å². The van der Waals surface area contributed by atoms with Crippen molar-refractivity contribution in [2.75, 3.05) is 13.1 Å². The van der Waals surface area contributed by atoms with Crippen LogP contribution in [-0.2, 0) is 13.6 Å². The Hall–Kier alpha value is -0.390. The molecule has 1 fully saturated rings. The first-order valence-electron chi connectivity index (χ1n) is 6.65. The number of aryl methyl sites for hydroxylation is 2. The first-order valence-corrected chi connectivity index (χ1v) is 7.44. The largest absolute Gasteiger partial charge is 0.328 e. The van der Waals surface area contributed by atoms with E-state index in [4.69, 9.17) is 5.73 Å². The van der Waals surface area contributed by atoms with Crippen molar-refractivity contribution in [3.8, 4) is 0 Å². The number of halogens is 1. The lowest BCUT2D eigenvalue weighted by atomic mass is 9.92. The van der Waals surface area contributed by atoms with Crippen LogP contribution in [0.15, 0.2) is 4.47 Å². The maximum Gasteiger partial charge on any atom is 0.0739 e. The molecule has 0 saturated carbocycles. The van der Waals surface area contributed by atoms with Gasteiger partial charge in [0.05, 0.1) is 15.9 Å². The first kappa shape index (κ1) is 14.0. The molecule has 4 nitrogen and oxygen atoms in total. The highest BCUT2D eigenvalue weighted by atomic mass is 79.9. The Morgan fingerprint density at radius 2 is 2.28 bits per heavy atom. The number of hydrogen-bond donors (Lipinski definition) is 1. The highest BCUT2D eigenvalue weighted by molar-refractivity contribution is 9.10. The standard InChI is InChI=1S/C13H23BrN4/c1-9(15)11-5-4-6-18(7-11)8-12-13(14)10(2)16-17(12)3/h9,11H,4-8,15H2,1-3H3. The van der Waals surface area contributed by atoms with Gasteiger partial charge in [-0.1, -0.05) is 0 Å². The summed E-state index contributed by atoms with van der Waals surface area (Å²) in [7, 11) is 2.01. The molecular weight excluding hydrogens is 292 g/mol. The van der Waals surface area contributed by atoms with Gasteiger partial charge in [0.2, 0.25) is 0 Å². The van der Waals surface area contributed by atoms with Gasteiger partial charge >= 0.3 is 0 Å². The van der Waals surface area contributed by atoms with Gasteiger partial charge in [-0.25, -0.2) is 0 Å². The van der Waals surface area contributed by atoms with E-state index in [1.54, 1.807) is 0 Å². The van der Waals surface area contributed by atoms with E-state index >= 15 is 0 Å². The second-order valence-electron chi connectivity index (χ2n) is 5.47. The fourth-order valence-corrected chi connectivity index (χ4v) is 3.19. The van der Waals surface area contributed by atoms with E-state index in [1.165, 1.54) is 25.1 Å². The SMILES string of the molecule is Cc1nn(C)c(CN2CCCC(C(C)N)C2)c1Br. The highest BCUT2D eigenvalue weighted by Crippen LogP contribution is 2.25. The van der Waals surface area contributed by atoms with Gasteiger partial charge < -0.3 is 5.73 Å². The predicted octanol–water partition coefficient (Wildman–Crippen LogP) is 2.05. The summed E-state index contributed by atoms with van der Waals surface area (Å²) in [6, 6.07) is 0.296. The summed E-state index contributed by atoms with van der Waals surface area (Å²) in [5, 5.41) is 4.45. The Morgan fingerprint density at radius 1 is 1.56 bits per heavy atom. The Bertz CT molecular complexity index is 413. The summed E-state index contributed by atoms with van der Waals surface area (Å²) in [4.78, 5) is 2.50. The van der Waals surface area contributed by atoms with Gasteiger partial charge in [-0.15, -0.1) is 0 Å². The number of hydrogen-bond acceptors (Lipinski definition) is 3. The number of piperidine rings is 1. The van der Waals surface area contributed by atoms with Crippen LogP contribution in [0.3, 0.4) is 0 Å². The number of nitrogens with zero attached hydrogens (tertiary/aromatic N) is 3. The number of aromatic nitrogens is 2. The molecule has 18 heavy (non-hydrogen) atoms. The zero-order chi connectivity index (χ0) is 13.3. The van der Waals surface area contributed by atoms with Crippen LogP contribution in [0, 0.1) is 12.8 Å². The van der Waals surface area contributed by atoms with E-state index in [1.807, 2.05) is 18.7 Å². The Morgan fingerprint density at radius 3 is 2.83 bits per heavy atom. The van der Waals surface area contributed by atoms with E-state index in [9.17, 15) is 0 Å². The van der Waals surface area contributed by atoms with Crippen LogP contribution in [-0.4, -0.2) is 33.8 Å². The molecule has 0 amide bonds. The summed E-state index contributed by atoms with van der Waals surface area (Å²) in [5.74, 6) is 0.631. The maximum atomic E-state index is 6.03. The van der Waals surface area contributed by atoms with Crippen molar-refractivity contribution in [3.05, 3.63) is 15.9 Å². The monoisotopic (exact) mass is 314 g/mol. The second kappa shape index (κ2) is 5.72. The van der Waals surface area contributed by atoms with Gasteiger partial charge in [-0.05, 0) is 55.1 Å². The minimum atomic E-state index is 0.296. The molecule has 0 radical (unpaired) electrons. The Kier molecular flexibility index (Phi) is 4.45. The van der Waals surface area contributed by atoms with Gasteiger partial charge in [0.15, 0.2) is 0 Å². The molecule has 1 aliphatic heterocycles. The van der Waals surface area contributed by atoms with Crippen LogP contribution in [0.4, 0.5) is 0 Å². The van der Waals surface area contributed by atoms with Gasteiger partial charge in [0, 0.05) is 26.2 Å². The summed E-state index contributed by atoms with van der Waals surface area (Å²) in [6.07, 6.45) is 2.51. The smallest absolute Gasteiger partial charge is 0.0739 e. The third-order valence-corrected chi connectivity index (χ3v) is 4.95. The van der Waals surface area contributed by atoms with Gasteiger partial charge in [-0.2, -0.15) is 5.10 Å². The summed E-state index contributed by atoms with van der Waals surface area (Å²) < 4.78 is 3.13. The van der Waals surface area contributed by atoms with Crippen LogP contribution < -0.4 is 5.73 Å². The van der Waals surface area contributed by atoms with E-state index in [0.717, 1.165) is 23.3 Å². The maximum absolute atomic E-state index is 6.03. The van der Waals surface area contributed by atoms with Gasteiger partial charge in [0.1, 0.15) is 0 Å². The average molecular weight is 315 g/mol. The van der Waals surface area contributed by atoms with E-state index in [-0.39, 0.29) is 0 Å². The Labute approximate surface area is 118 Å². The van der Waals surface area contributed by atoms with Gasteiger partial charge in [-0.3, -0.25) is 9.58 Å². The van der Waals surface area contributed by atoms with E-state index in [2.05, 4.69) is 32.9 Å². The first-order chi connectivity index (χ1) is 8.49. The second-order valence-corrected chi connectivity index (χ2v) is 6.26. The fourth-order valence-electron chi connectivity index (χ4n) is 2.73. The molecule has 1 aromatic rings. The zero-order valence-electron chi connectivity index (χ0n) is 11.5. The molecule has 0 aliphatic carbocycles. The molecule has 1 aliphatic rings. The summed E-state index contributed by atoms with van der Waals surface area (Å²) in [5.41, 5.74) is 8.36. The average Bonchev–Trinajstić information content (AvgIpc) is 2.56. The number of rotatable bonds is 3. The zero-order valence-corrected chi connectivity index (χ0v) is 13.1. The normalized spacial score (nSPS) is 23.3. The Balaban J connectivity index is 2.05. The van der Waals surface area contributed by atoms with Crippen molar-refractivity contribution in [2.24, 2.45) is 18.7 Å².